The molecule has 0 aromatic heterocycles. The predicted molar refractivity (Wildman–Crippen MR) is 61.4 cm³/mol. The van der Waals surface area contributed by atoms with Crippen molar-refractivity contribution in [3.63, 3.8) is 0 Å². The summed E-state index contributed by atoms with van der Waals surface area (Å²) in [5.74, 6) is 1.57. The maximum absolute atomic E-state index is 8.91. The molecule has 0 amide bonds. The van der Waals surface area contributed by atoms with Crippen LogP contribution in [0.3, 0.4) is 0 Å². The number of ether oxygens (including phenoxy) is 2. The molecular formula is C13H18O3. The van der Waals surface area contributed by atoms with Gasteiger partial charge >= 0.3 is 0 Å². The Hall–Kier alpha value is -1.06. The maximum atomic E-state index is 8.91. The molecule has 0 spiro atoms. The Bertz CT molecular complexity index is 321. The van der Waals surface area contributed by atoms with Gasteiger partial charge in [-0.1, -0.05) is 18.2 Å². The van der Waals surface area contributed by atoms with Crippen LogP contribution in [0, 0.1) is 5.92 Å². The molecule has 0 atom stereocenters. The summed E-state index contributed by atoms with van der Waals surface area (Å²) in [5, 5.41) is 8.91. The van der Waals surface area contributed by atoms with Crippen LogP contribution in [0.5, 0.6) is 5.75 Å². The summed E-state index contributed by atoms with van der Waals surface area (Å²) in [6.45, 7) is 1.25. The van der Waals surface area contributed by atoms with Gasteiger partial charge in [0.15, 0.2) is 6.79 Å². The number of rotatable bonds is 7. The molecule has 1 N–H and O–H groups in total. The van der Waals surface area contributed by atoms with E-state index in [0.29, 0.717) is 13.2 Å². The lowest BCUT2D eigenvalue weighted by atomic mass is 10.1. The molecule has 0 saturated heterocycles. The Balaban J connectivity index is 1.77. The molecule has 1 fully saturated rings. The number of benzene rings is 1. The smallest absolute Gasteiger partial charge is 0.189 e. The summed E-state index contributed by atoms with van der Waals surface area (Å²) in [7, 11) is 0. The molecule has 88 valence electrons. The zero-order chi connectivity index (χ0) is 11.2. The fraction of sp³-hybridized carbons (Fsp3) is 0.538. The molecule has 1 saturated carbocycles. The highest BCUT2D eigenvalue weighted by atomic mass is 16.7. The van der Waals surface area contributed by atoms with Crippen LogP contribution >= 0.6 is 0 Å². The average molecular weight is 222 g/mol. The Labute approximate surface area is 96.0 Å². The van der Waals surface area contributed by atoms with E-state index in [0.717, 1.165) is 23.8 Å². The Morgan fingerprint density at radius 2 is 2.06 bits per heavy atom. The summed E-state index contributed by atoms with van der Waals surface area (Å²) in [4.78, 5) is 0. The molecule has 16 heavy (non-hydrogen) atoms. The summed E-state index contributed by atoms with van der Waals surface area (Å²) < 4.78 is 10.9. The minimum atomic E-state index is 0.142. The van der Waals surface area contributed by atoms with Crippen molar-refractivity contribution in [3.05, 3.63) is 29.8 Å². The van der Waals surface area contributed by atoms with Crippen molar-refractivity contribution < 1.29 is 14.6 Å². The summed E-state index contributed by atoms with van der Waals surface area (Å²) in [5.41, 5.74) is 1.03. The molecule has 1 aromatic rings. The molecular weight excluding hydrogens is 204 g/mol. The first-order chi connectivity index (χ1) is 7.90. The van der Waals surface area contributed by atoms with Gasteiger partial charge in [-0.3, -0.25) is 0 Å². The van der Waals surface area contributed by atoms with Crippen LogP contribution in [-0.2, 0) is 11.2 Å². The second kappa shape index (κ2) is 5.87. The van der Waals surface area contributed by atoms with Gasteiger partial charge in [-0.2, -0.15) is 0 Å². The Kier molecular flexibility index (Phi) is 4.19. The fourth-order valence-electron chi connectivity index (χ4n) is 1.58. The highest BCUT2D eigenvalue weighted by Gasteiger charge is 2.21. The molecule has 3 nitrogen and oxygen atoms in total. The van der Waals surface area contributed by atoms with E-state index in [1.54, 1.807) is 0 Å². The van der Waals surface area contributed by atoms with E-state index in [-0.39, 0.29) is 6.61 Å². The van der Waals surface area contributed by atoms with Gasteiger partial charge in [-0.25, -0.2) is 0 Å². The molecule has 1 aliphatic carbocycles. The van der Waals surface area contributed by atoms with E-state index in [2.05, 4.69) is 0 Å². The first-order valence-corrected chi connectivity index (χ1v) is 5.79. The topological polar surface area (TPSA) is 38.7 Å². The highest BCUT2D eigenvalue weighted by Crippen LogP contribution is 2.28. The second-order valence-electron chi connectivity index (χ2n) is 4.16. The van der Waals surface area contributed by atoms with Gasteiger partial charge in [0.05, 0.1) is 6.61 Å². The molecule has 0 aliphatic heterocycles. The second-order valence-corrected chi connectivity index (χ2v) is 4.16. The van der Waals surface area contributed by atoms with Crippen LogP contribution in [0.25, 0.3) is 0 Å². The van der Waals surface area contributed by atoms with Crippen LogP contribution in [0.15, 0.2) is 24.3 Å². The number of hydrogen-bond acceptors (Lipinski definition) is 3. The van der Waals surface area contributed by atoms with E-state index < -0.39 is 0 Å². The SMILES string of the molecule is OCCc1ccccc1OCOCC1CC1. The van der Waals surface area contributed by atoms with Crippen molar-refractivity contribution in [2.24, 2.45) is 5.92 Å². The number of aliphatic hydroxyl groups excluding tert-OH is 1. The van der Waals surface area contributed by atoms with Gasteiger partial charge < -0.3 is 14.6 Å². The van der Waals surface area contributed by atoms with Gasteiger partial charge in [0, 0.05) is 6.61 Å². The molecule has 0 radical (unpaired) electrons. The van der Waals surface area contributed by atoms with Crippen LogP contribution in [0.2, 0.25) is 0 Å². The monoisotopic (exact) mass is 222 g/mol. The molecule has 3 heteroatoms. The normalized spacial score (nSPS) is 15.1. The van der Waals surface area contributed by atoms with Gasteiger partial charge in [0.1, 0.15) is 5.75 Å². The van der Waals surface area contributed by atoms with Gasteiger partial charge in [-0.15, -0.1) is 0 Å². The lowest BCUT2D eigenvalue weighted by Crippen LogP contribution is -2.07. The molecule has 0 unspecified atom stereocenters. The fourth-order valence-corrected chi connectivity index (χ4v) is 1.58. The van der Waals surface area contributed by atoms with E-state index in [9.17, 15) is 0 Å². The van der Waals surface area contributed by atoms with Crippen molar-refractivity contribution in [3.8, 4) is 5.75 Å². The standard InChI is InChI=1S/C13H18O3/c14-8-7-12-3-1-2-4-13(12)16-10-15-9-11-5-6-11/h1-4,11,14H,5-10H2. The van der Waals surface area contributed by atoms with Gasteiger partial charge in [0.2, 0.25) is 0 Å². The Morgan fingerprint density at radius 3 is 2.81 bits per heavy atom. The van der Waals surface area contributed by atoms with E-state index in [4.69, 9.17) is 14.6 Å². The third-order valence-electron chi connectivity index (χ3n) is 2.70. The Morgan fingerprint density at radius 1 is 1.25 bits per heavy atom. The zero-order valence-corrected chi connectivity index (χ0v) is 9.39. The van der Waals surface area contributed by atoms with Crippen molar-refractivity contribution in [1.82, 2.24) is 0 Å². The first kappa shape index (κ1) is 11.4. The number of aliphatic hydroxyl groups is 1. The number of hydrogen-bond donors (Lipinski definition) is 1. The first-order valence-electron chi connectivity index (χ1n) is 5.79. The molecule has 1 aliphatic rings. The van der Waals surface area contributed by atoms with E-state index in [1.165, 1.54) is 12.8 Å². The lowest BCUT2D eigenvalue weighted by molar-refractivity contribution is 0.00937. The molecule has 1 aromatic carbocycles. The highest BCUT2D eigenvalue weighted by molar-refractivity contribution is 5.33. The third-order valence-corrected chi connectivity index (χ3v) is 2.70. The lowest BCUT2D eigenvalue weighted by Gasteiger charge is -2.10. The quantitative estimate of drug-likeness (QED) is 0.566. The van der Waals surface area contributed by atoms with Crippen LogP contribution < -0.4 is 4.74 Å². The van der Waals surface area contributed by atoms with Crippen molar-refractivity contribution in [1.29, 1.82) is 0 Å². The maximum Gasteiger partial charge on any atom is 0.189 e. The molecule has 0 bridgehead atoms. The van der Waals surface area contributed by atoms with Crippen LogP contribution in [0.4, 0.5) is 0 Å². The minimum Gasteiger partial charge on any atom is -0.467 e. The minimum absolute atomic E-state index is 0.142. The van der Waals surface area contributed by atoms with Crippen LogP contribution in [0.1, 0.15) is 18.4 Å². The molecule has 2 rings (SSSR count). The van der Waals surface area contributed by atoms with Crippen molar-refractivity contribution in [2.75, 3.05) is 20.0 Å². The van der Waals surface area contributed by atoms with Gasteiger partial charge in [-0.05, 0) is 36.8 Å². The summed E-state index contributed by atoms with van der Waals surface area (Å²) in [6.07, 6.45) is 3.21. The third kappa shape index (κ3) is 3.51. The van der Waals surface area contributed by atoms with Gasteiger partial charge in [0.25, 0.3) is 0 Å². The zero-order valence-electron chi connectivity index (χ0n) is 9.39. The van der Waals surface area contributed by atoms with E-state index >= 15 is 0 Å². The van der Waals surface area contributed by atoms with E-state index in [1.807, 2.05) is 24.3 Å². The number of para-hydroxylation sites is 1. The summed E-state index contributed by atoms with van der Waals surface area (Å²) in [6, 6.07) is 7.75. The summed E-state index contributed by atoms with van der Waals surface area (Å²) >= 11 is 0. The van der Waals surface area contributed by atoms with Crippen LogP contribution in [-0.4, -0.2) is 25.1 Å². The molecule has 0 heterocycles. The van der Waals surface area contributed by atoms with Crippen molar-refractivity contribution >= 4 is 0 Å². The predicted octanol–water partition coefficient (Wildman–Crippen LogP) is 1.98. The largest absolute Gasteiger partial charge is 0.467 e. The van der Waals surface area contributed by atoms with Crippen molar-refractivity contribution in [2.45, 2.75) is 19.3 Å². The average Bonchev–Trinajstić information content (AvgIpc) is 3.11.